The second-order valence-corrected chi connectivity index (χ2v) is 10.5. The van der Waals surface area contributed by atoms with Gasteiger partial charge >= 0.3 is 0 Å². The quantitative estimate of drug-likeness (QED) is 0.0750. The van der Waals surface area contributed by atoms with E-state index in [4.69, 9.17) is 0 Å². The maximum Gasteiger partial charge on any atom is 0.220 e. The first-order valence-electron chi connectivity index (χ1n) is 15.7. The number of aliphatic hydroxyl groups excluding tert-OH is 2. The van der Waals surface area contributed by atoms with Crippen molar-refractivity contribution in [1.29, 1.82) is 0 Å². The number of aliphatic hydroxyl groups is 2. The van der Waals surface area contributed by atoms with E-state index in [1.54, 1.807) is 6.08 Å². The van der Waals surface area contributed by atoms with Crippen molar-refractivity contribution in [2.75, 3.05) is 6.61 Å². The molecule has 0 aliphatic rings. The van der Waals surface area contributed by atoms with Gasteiger partial charge in [0.25, 0.3) is 0 Å². The molecule has 3 N–H and O–H groups in total. The molecule has 216 valence electrons. The molecule has 4 nitrogen and oxygen atoms in total. The molecule has 2 unspecified atom stereocenters. The van der Waals surface area contributed by atoms with Crippen LogP contribution in [0.15, 0.2) is 36.5 Å². The van der Waals surface area contributed by atoms with Gasteiger partial charge in [-0.05, 0) is 51.4 Å². The van der Waals surface area contributed by atoms with Gasteiger partial charge in [-0.3, -0.25) is 4.79 Å². The number of rotatable bonds is 27. The molecule has 0 saturated heterocycles. The summed E-state index contributed by atoms with van der Waals surface area (Å²) < 4.78 is 0. The van der Waals surface area contributed by atoms with Crippen LogP contribution in [0.3, 0.4) is 0 Å². The van der Waals surface area contributed by atoms with E-state index in [1.165, 1.54) is 83.5 Å². The molecular weight excluding hydrogens is 458 g/mol. The minimum atomic E-state index is -0.840. The van der Waals surface area contributed by atoms with Crippen molar-refractivity contribution < 1.29 is 15.0 Å². The summed E-state index contributed by atoms with van der Waals surface area (Å²) in [5.41, 5.74) is 0. The molecule has 0 radical (unpaired) electrons. The van der Waals surface area contributed by atoms with Gasteiger partial charge in [0.2, 0.25) is 5.91 Å². The summed E-state index contributed by atoms with van der Waals surface area (Å²) in [6, 6.07) is -0.625. The molecule has 0 rings (SSSR count). The fraction of sp³-hybridized carbons (Fsp3) is 0.788. The van der Waals surface area contributed by atoms with E-state index < -0.39 is 12.1 Å². The van der Waals surface area contributed by atoms with Gasteiger partial charge in [0.15, 0.2) is 0 Å². The van der Waals surface area contributed by atoms with Gasteiger partial charge in [-0.1, -0.05) is 127 Å². The lowest BCUT2D eigenvalue weighted by Crippen LogP contribution is -2.45. The zero-order valence-corrected chi connectivity index (χ0v) is 24.5. The van der Waals surface area contributed by atoms with E-state index in [0.717, 1.165) is 44.9 Å². The summed E-state index contributed by atoms with van der Waals surface area (Å²) >= 11 is 0. The summed E-state index contributed by atoms with van der Waals surface area (Å²) in [7, 11) is 0. The lowest BCUT2D eigenvalue weighted by molar-refractivity contribution is -0.123. The number of allylic oxidation sites excluding steroid dienone is 5. The molecule has 0 aromatic carbocycles. The van der Waals surface area contributed by atoms with E-state index in [2.05, 4.69) is 43.5 Å². The number of unbranched alkanes of at least 4 members (excludes halogenated alkanes) is 16. The third kappa shape index (κ3) is 26.0. The maximum atomic E-state index is 12.2. The Morgan fingerprint density at radius 2 is 1.11 bits per heavy atom. The van der Waals surface area contributed by atoms with Crippen LogP contribution in [0.25, 0.3) is 0 Å². The Hall–Kier alpha value is -1.39. The third-order valence-electron chi connectivity index (χ3n) is 6.87. The van der Waals surface area contributed by atoms with E-state index in [9.17, 15) is 15.0 Å². The SMILES string of the molecule is CCCCCC/C=C\C/C=C\CCCCCCCC(=O)NC(CO)C(O)/C=C/CCCCCCCCC. The van der Waals surface area contributed by atoms with E-state index in [-0.39, 0.29) is 12.5 Å². The zero-order valence-electron chi connectivity index (χ0n) is 24.5. The second-order valence-electron chi connectivity index (χ2n) is 10.5. The molecule has 0 fully saturated rings. The van der Waals surface area contributed by atoms with E-state index in [1.807, 2.05) is 6.08 Å². The predicted molar refractivity (Wildman–Crippen MR) is 161 cm³/mol. The largest absolute Gasteiger partial charge is 0.394 e. The number of amides is 1. The predicted octanol–water partition coefficient (Wildman–Crippen LogP) is 8.72. The van der Waals surface area contributed by atoms with Crippen molar-refractivity contribution in [3.63, 3.8) is 0 Å². The number of nitrogens with one attached hydrogen (secondary N) is 1. The Bertz CT molecular complexity index is 570. The van der Waals surface area contributed by atoms with Gasteiger partial charge in [-0.25, -0.2) is 0 Å². The molecular formula is C33H61NO3. The average Bonchev–Trinajstić information content (AvgIpc) is 2.90. The highest BCUT2D eigenvalue weighted by Crippen LogP contribution is 2.10. The first-order chi connectivity index (χ1) is 18.2. The van der Waals surface area contributed by atoms with Crippen LogP contribution in [0.4, 0.5) is 0 Å². The van der Waals surface area contributed by atoms with Gasteiger partial charge < -0.3 is 15.5 Å². The highest BCUT2D eigenvalue weighted by molar-refractivity contribution is 5.76. The zero-order chi connectivity index (χ0) is 27.2. The van der Waals surface area contributed by atoms with Crippen molar-refractivity contribution in [1.82, 2.24) is 5.32 Å². The van der Waals surface area contributed by atoms with Crippen LogP contribution < -0.4 is 5.32 Å². The molecule has 4 heteroatoms. The fourth-order valence-corrected chi connectivity index (χ4v) is 4.38. The van der Waals surface area contributed by atoms with Crippen LogP contribution in [0.2, 0.25) is 0 Å². The first-order valence-corrected chi connectivity index (χ1v) is 15.7. The van der Waals surface area contributed by atoms with Crippen LogP contribution in [0.5, 0.6) is 0 Å². The number of hydrogen-bond acceptors (Lipinski definition) is 3. The Morgan fingerprint density at radius 3 is 1.65 bits per heavy atom. The lowest BCUT2D eigenvalue weighted by Gasteiger charge is -2.20. The topological polar surface area (TPSA) is 69.6 Å². The summed E-state index contributed by atoms with van der Waals surface area (Å²) in [5, 5.41) is 22.7. The van der Waals surface area contributed by atoms with Crippen LogP contribution in [-0.4, -0.2) is 34.9 Å². The standard InChI is InChI=1S/C33H61NO3/c1-3-5-7-9-11-13-14-15-16-17-18-19-21-23-25-27-29-33(37)34-31(30-35)32(36)28-26-24-22-20-12-10-8-6-4-2/h13-14,16-17,26,28,31-32,35-36H,3-12,15,18-25,27,29-30H2,1-2H3,(H,34,37)/b14-13-,17-16-,28-26+. The number of carbonyl (C=O) groups is 1. The third-order valence-corrected chi connectivity index (χ3v) is 6.87. The monoisotopic (exact) mass is 519 g/mol. The second kappa shape index (κ2) is 29.2. The molecule has 0 aliphatic heterocycles. The smallest absolute Gasteiger partial charge is 0.220 e. The first kappa shape index (κ1) is 35.6. The van der Waals surface area contributed by atoms with Crippen molar-refractivity contribution in [3.05, 3.63) is 36.5 Å². The Morgan fingerprint density at radius 1 is 0.649 bits per heavy atom. The van der Waals surface area contributed by atoms with Crippen molar-refractivity contribution >= 4 is 5.91 Å². The molecule has 0 saturated carbocycles. The van der Waals surface area contributed by atoms with E-state index >= 15 is 0 Å². The number of carbonyl (C=O) groups excluding carboxylic acids is 1. The average molecular weight is 520 g/mol. The molecule has 0 bridgehead atoms. The minimum Gasteiger partial charge on any atom is -0.394 e. The highest BCUT2D eigenvalue weighted by atomic mass is 16.3. The van der Waals surface area contributed by atoms with Crippen molar-refractivity contribution in [3.8, 4) is 0 Å². The fourth-order valence-electron chi connectivity index (χ4n) is 4.38. The molecule has 37 heavy (non-hydrogen) atoms. The molecule has 1 amide bonds. The Kier molecular flexibility index (Phi) is 28.1. The van der Waals surface area contributed by atoms with Crippen LogP contribution in [0.1, 0.15) is 149 Å². The normalized spacial score (nSPS) is 13.7. The molecule has 0 spiro atoms. The molecule has 0 aliphatic carbocycles. The van der Waals surface area contributed by atoms with E-state index in [0.29, 0.717) is 6.42 Å². The number of hydrogen-bond donors (Lipinski definition) is 3. The van der Waals surface area contributed by atoms with Crippen LogP contribution >= 0.6 is 0 Å². The van der Waals surface area contributed by atoms with Gasteiger partial charge in [0.1, 0.15) is 0 Å². The minimum absolute atomic E-state index is 0.0834. The van der Waals surface area contributed by atoms with Crippen molar-refractivity contribution in [2.45, 2.75) is 161 Å². The molecule has 2 atom stereocenters. The summed E-state index contributed by atoms with van der Waals surface area (Å²) in [6.45, 7) is 4.23. The Balaban J connectivity index is 3.70. The van der Waals surface area contributed by atoms with Gasteiger partial charge in [0.05, 0.1) is 18.8 Å². The lowest BCUT2D eigenvalue weighted by atomic mass is 10.1. The molecule has 0 heterocycles. The summed E-state index contributed by atoms with van der Waals surface area (Å²) in [6.07, 6.45) is 36.4. The summed E-state index contributed by atoms with van der Waals surface area (Å²) in [4.78, 5) is 12.2. The molecule has 0 aromatic rings. The molecule has 0 aromatic heterocycles. The van der Waals surface area contributed by atoms with Crippen LogP contribution in [-0.2, 0) is 4.79 Å². The van der Waals surface area contributed by atoms with Crippen molar-refractivity contribution in [2.24, 2.45) is 0 Å². The van der Waals surface area contributed by atoms with Crippen LogP contribution in [0, 0.1) is 0 Å². The van der Waals surface area contributed by atoms with Gasteiger partial charge in [-0.15, -0.1) is 0 Å². The maximum absolute atomic E-state index is 12.2. The summed E-state index contributed by atoms with van der Waals surface area (Å²) in [5.74, 6) is -0.0834. The van der Waals surface area contributed by atoms with Gasteiger partial charge in [-0.2, -0.15) is 0 Å². The van der Waals surface area contributed by atoms with Gasteiger partial charge in [0, 0.05) is 6.42 Å². The Labute approximate surface area is 230 Å². The highest BCUT2D eigenvalue weighted by Gasteiger charge is 2.17.